The number of hydrogen-bond donors (Lipinski definition) is 1. The van der Waals surface area contributed by atoms with Crippen molar-refractivity contribution < 1.29 is 0 Å². The second kappa shape index (κ2) is 6.59. The third-order valence-corrected chi connectivity index (χ3v) is 3.35. The molecule has 1 aromatic carbocycles. The predicted molar refractivity (Wildman–Crippen MR) is 78.3 cm³/mol. The van der Waals surface area contributed by atoms with Crippen molar-refractivity contribution in [2.45, 2.75) is 32.2 Å². The number of para-hydroxylation sites is 1. The summed E-state index contributed by atoms with van der Waals surface area (Å²) in [6, 6.07) is 7.48. The van der Waals surface area contributed by atoms with Gasteiger partial charge in [0.25, 0.3) is 5.56 Å². The number of aryl methyl sites for hydroxylation is 1. The minimum absolute atomic E-state index is 0.0646. The van der Waals surface area contributed by atoms with E-state index in [1.165, 1.54) is 6.42 Å². The molecule has 0 spiro atoms. The molecule has 18 heavy (non-hydrogen) atoms. The first-order valence-electron chi connectivity index (χ1n) is 6.38. The van der Waals surface area contributed by atoms with Crippen LogP contribution < -0.4 is 5.56 Å². The van der Waals surface area contributed by atoms with Gasteiger partial charge in [-0.25, -0.2) is 4.98 Å². The maximum absolute atomic E-state index is 12.2. The molecule has 96 valence electrons. The molecule has 3 nitrogen and oxygen atoms in total. The molecule has 2 rings (SSSR count). The maximum Gasteiger partial charge on any atom is 0.261 e. The van der Waals surface area contributed by atoms with Gasteiger partial charge in [0.15, 0.2) is 0 Å². The van der Waals surface area contributed by atoms with E-state index in [-0.39, 0.29) is 5.56 Å². The Balaban J connectivity index is 2.05. The molecule has 0 bridgehead atoms. The van der Waals surface area contributed by atoms with Crippen LogP contribution in [0.5, 0.6) is 0 Å². The smallest absolute Gasteiger partial charge is 0.261 e. The van der Waals surface area contributed by atoms with Crippen LogP contribution in [0.15, 0.2) is 35.4 Å². The average molecular weight is 262 g/mol. The van der Waals surface area contributed by atoms with Crippen LogP contribution in [0.1, 0.15) is 25.7 Å². The molecule has 0 atom stereocenters. The van der Waals surface area contributed by atoms with E-state index < -0.39 is 0 Å². The lowest BCUT2D eigenvalue weighted by Crippen LogP contribution is -2.20. The van der Waals surface area contributed by atoms with Crippen LogP contribution in [0.4, 0.5) is 0 Å². The Kier molecular flexibility index (Phi) is 4.81. The zero-order valence-corrected chi connectivity index (χ0v) is 11.3. The van der Waals surface area contributed by atoms with Crippen molar-refractivity contribution in [1.29, 1.82) is 0 Å². The Hall–Kier alpha value is -1.29. The number of benzene rings is 1. The van der Waals surface area contributed by atoms with E-state index in [4.69, 9.17) is 0 Å². The van der Waals surface area contributed by atoms with Gasteiger partial charge in [-0.2, -0.15) is 12.6 Å². The molecule has 0 saturated carbocycles. The Bertz CT molecular complexity index is 565. The molecule has 1 heterocycles. The highest BCUT2D eigenvalue weighted by Crippen LogP contribution is 2.06. The van der Waals surface area contributed by atoms with Crippen molar-refractivity contribution in [3.8, 4) is 0 Å². The van der Waals surface area contributed by atoms with E-state index in [1.54, 1.807) is 10.9 Å². The highest BCUT2D eigenvalue weighted by Gasteiger charge is 2.02. The number of thiol groups is 1. The average Bonchev–Trinajstić information content (AvgIpc) is 2.41. The van der Waals surface area contributed by atoms with Gasteiger partial charge < -0.3 is 0 Å². The fourth-order valence-corrected chi connectivity index (χ4v) is 2.24. The van der Waals surface area contributed by atoms with Gasteiger partial charge >= 0.3 is 0 Å². The minimum atomic E-state index is 0.0646. The van der Waals surface area contributed by atoms with E-state index in [0.29, 0.717) is 5.39 Å². The standard InChI is InChI=1S/C14H18N2OS/c17-14-12-7-3-4-8-13(12)15-11-16(14)9-5-1-2-6-10-18/h3-4,7-8,11,18H,1-2,5-6,9-10H2. The molecule has 0 aliphatic rings. The molecule has 0 N–H and O–H groups in total. The lowest BCUT2D eigenvalue weighted by atomic mass is 10.2. The number of aromatic nitrogens is 2. The summed E-state index contributed by atoms with van der Waals surface area (Å²) in [6.45, 7) is 0.753. The molecule has 0 saturated heterocycles. The summed E-state index contributed by atoms with van der Waals surface area (Å²) in [7, 11) is 0. The van der Waals surface area contributed by atoms with Crippen LogP contribution >= 0.6 is 12.6 Å². The van der Waals surface area contributed by atoms with Crippen LogP contribution in [0, 0.1) is 0 Å². The largest absolute Gasteiger partial charge is 0.299 e. The molecule has 0 amide bonds. The summed E-state index contributed by atoms with van der Waals surface area (Å²) in [5, 5.41) is 0.704. The number of unbranched alkanes of at least 4 members (excludes halogenated alkanes) is 3. The Morgan fingerprint density at radius 3 is 2.72 bits per heavy atom. The summed E-state index contributed by atoms with van der Waals surface area (Å²) < 4.78 is 1.71. The quantitative estimate of drug-likeness (QED) is 0.641. The van der Waals surface area contributed by atoms with E-state index in [2.05, 4.69) is 17.6 Å². The minimum Gasteiger partial charge on any atom is -0.299 e. The van der Waals surface area contributed by atoms with E-state index in [1.807, 2.05) is 24.3 Å². The normalized spacial score (nSPS) is 10.9. The molecule has 0 aliphatic heterocycles. The van der Waals surface area contributed by atoms with Crippen LogP contribution in [0.25, 0.3) is 10.9 Å². The molecule has 0 radical (unpaired) electrons. The van der Waals surface area contributed by atoms with Gasteiger partial charge in [-0.15, -0.1) is 0 Å². The zero-order valence-electron chi connectivity index (χ0n) is 10.4. The van der Waals surface area contributed by atoms with Gasteiger partial charge in [-0.1, -0.05) is 25.0 Å². The van der Waals surface area contributed by atoms with Crippen molar-refractivity contribution in [3.05, 3.63) is 40.9 Å². The van der Waals surface area contributed by atoms with E-state index in [9.17, 15) is 4.79 Å². The monoisotopic (exact) mass is 262 g/mol. The molecular formula is C14H18N2OS. The van der Waals surface area contributed by atoms with Gasteiger partial charge in [-0.05, 0) is 30.7 Å². The Labute approximate surface area is 112 Å². The Morgan fingerprint density at radius 1 is 1.11 bits per heavy atom. The highest BCUT2D eigenvalue weighted by atomic mass is 32.1. The lowest BCUT2D eigenvalue weighted by molar-refractivity contribution is 0.569. The Morgan fingerprint density at radius 2 is 1.89 bits per heavy atom. The molecule has 2 aromatic rings. The molecule has 4 heteroatoms. The summed E-state index contributed by atoms with van der Waals surface area (Å²) in [4.78, 5) is 16.5. The molecule has 1 aromatic heterocycles. The van der Waals surface area contributed by atoms with Gasteiger partial charge in [0.2, 0.25) is 0 Å². The topological polar surface area (TPSA) is 34.9 Å². The zero-order chi connectivity index (χ0) is 12.8. The first-order valence-corrected chi connectivity index (χ1v) is 7.01. The SMILES string of the molecule is O=c1c2ccccc2ncn1CCCCCCS. The number of nitrogens with zero attached hydrogens (tertiary/aromatic N) is 2. The van der Waals surface area contributed by atoms with Crippen LogP contribution in [-0.2, 0) is 6.54 Å². The predicted octanol–water partition coefficient (Wildman–Crippen LogP) is 2.89. The molecule has 0 aliphatic carbocycles. The first kappa shape index (κ1) is 13.1. The molecule has 0 fully saturated rings. The summed E-state index contributed by atoms with van der Waals surface area (Å²) in [5.74, 6) is 0.942. The van der Waals surface area contributed by atoms with Crippen LogP contribution in [0.3, 0.4) is 0 Å². The van der Waals surface area contributed by atoms with Gasteiger partial charge in [0.05, 0.1) is 17.2 Å². The third-order valence-electron chi connectivity index (χ3n) is 3.04. The van der Waals surface area contributed by atoms with Gasteiger partial charge in [0, 0.05) is 6.54 Å². The van der Waals surface area contributed by atoms with Crippen molar-refractivity contribution in [1.82, 2.24) is 9.55 Å². The van der Waals surface area contributed by atoms with Crippen molar-refractivity contribution in [2.75, 3.05) is 5.75 Å². The van der Waals surface area contributed by atoms with Crippen LogP contribution in [0.2, 0.25) is 0 Å². The summed E-state index contributed by atoms with van der Waals surface area (Å²) in [5.41, 5.74) is 0.837. The maximum atomic E-state index is 12.2. The molecule has 0 unspecified atom stereocenters. The van der Waals surface area contributed by atoms with E-state index in [0.717, 1.165) is 37.1 Å². The van der Waals surface area contributed by atoms with E-state index >= 15 is 0 Å². The van der Waals surface area contributed by atoms with Crippen molar-refractivity contribution >= 4 is 23.5 Å². The fraction of sp³-hybridized carbons (Fsp3) is 0.429. The first-order chi connectivity index (χ1) is 8.83. The number of hydrogen-bond acceptors (Lipinski definition) is 3. The molecular weight excluding hydrogens is 244 g/mol. The lowest BCUT2D eigenvalue weighted by Gasteiger charge is -2.06. The van der Waals surface area contributed by atoms with Crippen molar-refractivity contribution in [3.63, 3.8) is 0 Å². The number of fused-ring (bicyclic) bond motifs is 1. The summed E-state index contributed by atoms with van der Waals surface area (Å²) in [6.07, 6.45) is 6.14. The van der Waals surface area contributed by atoms with Crippen LogP contribution in [-0.4, -0.2) is 15.3 Å². The van der Waals surface area contributed by atoms with Gasteiger partial charge in [0.1, 0.15) is 0 Å². The second-order valence-corrected chi connectivity index (χ2v) is 4.85. The summed E-state index contributed by atoms with van der Waals surface area (Å²) >= 11 is 4.18. The van der Waals surface area contributed by atoms with Gasteiger partial charge in [-0.3, -0.25) is 9.36 Å². The third kappa shape index (κ3) is 3.13. The number of rotatable bonds is 6. The second-order valence-electron chi connectivity index (χ2n) is 4.40. The van der Waals surface area contributed by atoms with Crippen molar-refractivity contribution in [2.24, 2.45) is 0 Å². The highest BCUT2D eigenvalue weighted by molar-refractivity contribution is 7.80. The fourth-order valence-electron chi connectivity index (χ4n) is 2.01.